The molecule has 0 atom stereocenters. The van der Waals surface area contributed by atoms with E-state index < -0.39 is 11.9 Å². The van der Waals surface area contributed by atoms with Crippen molar-refractivity contribution in [3.8, 4) is 11.5 Å². The van der Waals surface area contributed by atoms with E-state index in [0.717, 1.165) is 5.56 Å². The lowest BCUT2D eigenvalue weighted by Gasteiger charge is -2.06. The van der Waals surface area contributed by atoms with Crippen LogP contribution in [0.5, 0.6) is 11.5 Å². The molecule has 1 N–H and O–H groups in total. The first-order chi connectivity index (χ1) is 9.74. The Labute approximate surface area is 114 Å². The number of fused-ring (bicyclic) bond motifs is 1. The fourth-order valence-electron chi connectivity index (χ4n) is 1.88. The summed E-state index contributed by atoms with van der Waals surface area (Å²) in [5, 5.41) is 2.63. The number of nitrogens with zero attached hydrogens (tertiary/aromatic N) is 1. The lowest BCUT2D eigenvalue weighted by Crippen LogP contribution is -2.24. The van der Waals surface area contributed by atoms with Gasteiger partial charge in [-0.25, -0.2) is 4.98 Å². The van der Waals surface area contributed by atoms with Crippen LogP contribution in [0.2, 0.25) is 0 Å². The molecule has 5 nitrogen and oxygen atoms in total. The summed E-state index contributed by atoms with van der Waals surface area (Å²) in [5.74, 6) is 0.0339. The molecule has 1 aliphatic heterocycles. The number of hydrogen-bond acceptors (Lipinski definition) is 4. The average molecular weight is 274 g/mol. The van der Waals surface area contributed by atoms with E-state index in [1.54, 1.807) is 12.1 Å². The number of amides is 1. The first-order valence-corrected chi connectivity index (χ1v) is 6.01. The third kappa shape index (κ3) is 2.40. The van der Waals surface area contributed by atoms with Crippen molar-refractivity contribution in [2.75, 3.05) is 6.79 Å². The summed E-state index contributed by atoms with van der Waals surface area (Å²) in [5.41, 5.74) is 0.764. The lowest BCUT2D eigenvalue weighted by molar-refractivity contribution is 0.0946. The van der Waals surface area contributed by atoms with Gasteiger partial charge in [0.25, 0.3) is 5.91 Å². The summed E-state index contributed by atoms with van der Waals surface area (Å²) in [4.78, 5) is 15.3. The molecule has 3 rings (SSSR count). The molecule has 1 aliphatic rings. The molecule has 102 valence electrons. The van der Waals surface area contributed by atoms with Crippen molar-refractivity contribution in [1.29, 1.82) is 0 Å². The smallest absolute Gasteiger partial charge is 0.256 e. The highest BCUT2D eigenvalue weighted by atomic mass is 19.1. The molecule has 0 saturated carbocycles. The van der Waals surface area contributed by atoms with Crippen LogP contribution in [0.25, 0.3) is 0 Å². The summed E-state index contributed by atoms with van der Waals surface area (Å²) >= 11 is 0. The van der Waals surface area contributed by atoms with E-state index in [9.17, 15) is 9.18 Å². The van der Waals surface area contributed by atoms with Gasteiger partial charge in [0.05, 0.1) is 5.56 Å². The average Bonchev–Trinajstić information content (AvgIpc) is 2.92. The molecule has 0 bridgehead atoms. The van der Waals surface area contributed by atoms with E-state index in [4.69, 9.17) is 9.47 Å². The predicted octanol–water partition coefficient (Wildman–Crippen LogP) is 1.88. The van der Waals surface area contributed by atoms with Gasteiger partial charge in [0, 0.05) is 12.7 Å². The maximum Gasteiger partial charge on any atom is 0.256 e. The highest BCUT2D eigenvalue weighted by molar-refractivity contribution is 5.94. The van der Waals surface area contributed by atoms with Crippen molar-refractivity contribution in [2.24, 2.45) is 0 Å². The van der Waals surface area contributed by atoms with E-state index in [2.05, 4.69) is 10.3 Å². The zero-order valence-corrected chi connectivity index (χ0v) is 10.4. The Morgan fingerprint density at radius 1 is 1.30 bits per heavy atom. The number of ether oxygens (including phenoxy) is 2. The van der Waals surface area contributed by atoms with E-state index in [1.807, 2.05) is 6.07 Å². The van der Waals surface area contributed by atoms with Gasteiger partial charge in [0.1, 0.15) is 0 Å². The van der Waals surface area contributed by atoms with Crippen LogP contribution < -0.4 is 14.8 Å². The van der Waals surface area contributed by atoms with Gasteiger partial charge in [-0.2, -0.15) is 4.39 Å². The van der Waals surface area contributed by atoms with Crippen molar-refractivity contribution in [3.63, 3.8) is 0 Å². The predicted molar refractivity (Wildman–Crippen MR) is 67.9 cm³/mol. The summed E-state index contributed by atoms with van der Waals surface area (Å²) in [6.45, 7) is 0.468. The van der Waals surface area contributed by atoms with Crippen LogP contribution in [0.1, 0.15) is 15.9 Å². The summed E-state index contributed by atoms with van der Waals surface area (Å²) in [7, 11) is 0. The zero-order chi connectivity index (χ0) is 13.9. The first-order valence-electron chi connectivity index (χ1n) is 6.01. The molecule has 2 heterocycles. The summed E-state index contributed by atoms with van der Waals surface area (Å²) in [6, 6.07) is 8.26. The molecule has 20 heavy (non-hydrogen) atoms. The van der Waals surface area contributed by atoms with E-state index in [0.29, 0.717) is 11.5 Å². The highest BCUT2D eigenvalue weighted by Crippen LogP contribution is 2.32. The Kier molecular flexibility index (Phi) is 3.20. The molecule has 0 unspecified atom stereocenters. The molecule has 1 amide bonds. The van der Waals surface area contributed by atoms with E-state index in [1.165, 1.54) is 18.3 Å². The standard InChI is InChI=1S/C14H11FN2O3/c15-13-10(2-1-5-16-13)14(18)17-7-9-3-4-11-12(6-9)20-8-19-11/h1-6H,7-8H2,(H,17,18). The molecule has 0 spiro atoms. The molecular formula is C14H11FN2O3. The van der Waals surface area contributed by atoms with Crippen molar-refractivity contribution in [1.82, 2.24) is 10.3 Å². The van der Waals surface area contributed by atoms with Gasteiger partial charge in [-0.3, -0.25) is 4.79 Å². The van der Waals surface area contributed by atoms with Gasteiger partial charge >= 0.3 is 0 Å². The fraction of sp³-hybridized carbons (Fsp3) is 0.143. The highest BCUT2D eigenvalue weighted by Gasteiger charge is 2.15. The van der Waals surface area contributed by atoms with Gasteiger partial charge in [-0.1, -0.05) is 6.07 Å². The van der Waals surface area contributed by atoms with Gasteiger partial charge in [0.15, 0.2) is 11.5 Å². The number of carbonyl (C=O) groups is 1. The van der Waals surface area contributed by atoms with Crippen LogP contribution in [0.4, 0.5) is 4.39 Å². The van der Waals surface area contributed by atoms with Gasteiger partial charge < -0.3 is 14.8 Å². The number of hydrogen-bond donors (Lipinski definition) is 1. The summed E-state index contributed by atoms with van der Waals surface area (Å²) in [6.07, 6.45) is 1.30. The molecule has 2 aromatic rings. The summed E-state index contributed by atoms with van der Waals surface area (Å²) < 4.78 is 23.8. The molecule has 0 fully saturated rings. The van der Waals surface area contributed by atoms with E-state index in [-0.39, 0.29) is 18.9 Å². The molecule has 0 radical (unpaired) electrons. The van der Waals surface area contributed by atoms with Crippen molar-refractivity contribution in [3.05, 3.63) is 53.6 Å². The number of halogens is 1. The Balaban J connectivity index is 1.68. The van der Waals surface area contributed by atoms with Gasteiger partial charge in [-0.05, 0) is 29.8 Å². The van der Waals surface area contributed by atoms with Crippen molar-refractivity contribution < 1.29 is 18.7 Å². The third-order valence-corrected chi connectivity index (χ3v) is 2.89. The topological polar surface area (TPSA) is 60.5 Å². The lowest BCUT2D eigenvalue weighted by atomic mass is 10.2. The number of rotatable bonds is 3. The van der Waals surface area contributed by atoms with Crippen LogP contribution in [-0.4, -0.2) is 17.7 Å². The van der Waals surface area contributed by atoms with Crippen LogP contribution in [-0.2, 0) is 6.54 Å². The minimum Gasteiger partial charge on any atom is -0.454 e. The van der Waals surface area contributed by atoms with Crippen LogP contribution in [0.15, 0.2) is 36.5 Å². The normalized spacial score (nSPS) is 12.2. The monoisotopic (exact) mass is 274 g/mol. The van der Waals surface area contributed by atoms with Crippen LogP contribution >= 0.6 is 0 Å². The minimum absolute atomic E-state index is 0.0757. The molecule has 1 aromatic carbocycles. The zero-order valence-electron chi connectivity index (χ0n) is 10.4. The second kappa shape index (κ2) is 5.16. The molecular weight excluding hydrogens is 263 g/mol. The Morgan fingerprint density at radius 3 is 3.00 bits per heavy atom. The van der Waals surface area contributed by atoms with Crippen LogP contribution in [0.3, 0.4) is 0 Å². The first kappa shape index (κ1) is 12.4. The number of carbonyl (C=O) groups excluding carboxylic acids is 1. The Hall–Kier alpha value is -2.63. The number of nitrogens with one attached hydrogen (secondary N) is 1. The Bertz CT molecular complexity index is 661. The number of pyridine rings is 1. The largest absolute Gasteiger partial charge is 0.454 e. The fourth-order valence-corrected chi connectivity index (χ4v) is 1.88. The minimum atomic E-state index is -0.782. The van der Waals surface area contributed by atoms with Gasteiger partial charge in [-0.15, -0.1) is 0 Å². The van der Waals surface area contributed by atoms with Crippen LogP contribution in [0, 0.1) is 5.95 Å². The SMILES string of the molecule is O=C(NCc1ccc2c(c1)OCO2)c1cccnc1F. The Morgan fingerprint density at radius 2 is 2.15 bits per heavy atom. The quantitative estimate of drug-likeness (QED) is 0.868. The molecule has 0 saturated heterocycles. The molecule has 0 aliphatic carbocycles. The van der Waals surface area contributed by atoms with Gasteiger partial charge in [0.2, 0.25) is 12.7 Å². The second-order valence-corrected chi connectivity index (χ2v) is 4.21. The second-order valence-electron chi connectivity index (χ2n) is 4.21. The van der Waals surface area contributed by atoms with Crippen molar-refractivity contribution in [2.45, 2.75) is 6.54 Å². The number of aromatic nitrogens is 1. The molecule has 1 aromatic heterocycles. The maximum absolute atomic E-state index is 13.3. The third-order valence-electron chi connectivity index (χ3n) is 2.89. The maximum atomic E-state index is 13.3. The van der Waals surface area contributed by atoms with Crippen molar-refractivity contribution >= 4 is 5.91 Å². The molecule has 6 heteroatoms. The number of benzene rings is 1. The van der Waals surface area contributed by atoms with E-state index >= 15 is 0 Å².